The molecule has 1 fully saturated rings. The number of hydrogen-bond donors (Lipinski definition) is 4. The predicted molar refractivity (Wildman–Crippen MR) is 177 cm³/mol. The van der Waals surface area contributed by atoms with Crippen LogP contribution in [0.25, 0.3) is 0 Å². The van der Waals surface area contributed by atoms with Crippen molar-refractivity contribution in [2.75, 3.05) is 0 Å². The molecule has 0 radical (unpaired) electrons. The number of hydrogen-bond acceptors (Lipinski definition) is 7. The van der Waals surface area contributed by atoms with Crippen LogP contribution in [0.2, 0.25) is 0 Å². The maximum atomic E-state index is 11.6. The fourth-order valence-electron chi connectivity index (χ4n) is 6.46. The van der Waals surface area contributed by atoms with Crippen molar-refractivity contribution < 1.29 is 34.7 Å². The van der Waals surface area contributed by atoms with E-state index in [2.05, 4.69) is 6.92 Å². The van der Waals surface area contributed by atoms with Crippen LogP contribution in [0, 0.1) is 0 Å². The summed E-state index contributed by atoms with van der Waals surface area (Å²) in [7, 11) is 0. The van der Waals surface area contributed by atoms with Crippen LogP contribution in [0.1, 0.15) is 162 Å². The van der Waals surface area contributed by atoms with Gasteiger partial charge in [-0.2, -0.15) is 0 Å². The molecule has 2 rings (SSSR count). The van der Waals surface area contributed by atoms with Gasteiger partial charge in [-0.25, -0.2) is 4.79 Å². The molecule has 4 N–H and O–H groups in total. The molecule has 7 unspecified atom stereocenters. The molecule has 0 amide bonds. The Hall–Kier alpha value is -1.25. The van der Waals surface area contributed by atoms with Crippen LogP contribution in [-0.4, -0.2) is 69.1 Å². The number of cyclic esters (lactones) is 1. The van der Waals surface area contributed by atoms with Crippen molar-refractivity contribution in [3.8, 4) is 0 Å². The highest BCUT2D eigenvalue weighted by Gasteiger charge is 2.34. The maximum Gasteiger partial charge on any atom is 0.334 e. The highest BCUT2D eigenvalue weighted by molar-refractivity contribution is 5.90. The monoisotopic (exact) mass is 622 g/mol. The maximum absolute atomic E-state index is 11.6. The van der Waals surface area contributed by atoms with Gasteiger partial charge in [0.15, 0.2) is 0 Å². The van der Waals surface area contributed by atoms with E-state index in [0.717, 1.165) is 76.2 Å². The van der Waals surface area contributed by atoms with Crippen LogP contribution in [0.3, 0.4) is 0 Å². The Bertz CT molecular complexity index is 797. The molecule has 0 bridgehead atoms. The zero-order chi connectivity index (χ0) is 32.0. The van der Waals surface area contributed by atoms with Gasteiger partial charge in [-0.15, -0.1) is 0 Å². The van der Waals surface area contributed by atoms with Gasteiger partial charge < -0.3 is 29.9 Å². The Morgan fingerprint density at radius 3 is 1.93 bits per heavy atom. The second kappa shape index (κ2) is 24.0. The Balaban J connectivity index is 1.44. The van der Waals surface area contributed by atoms with Crippen molar-refractivity contribution in [1.29, 1.82) is 0 Å². The van der Waals surface area contributed by atoms with E-state index in [1.807, 2.05) is 25.2 Å². The summed E-state index contributed by atoms with van der Waals surface area (Å²) in [6.07, 6.45) is 25.8. The minimum atomic E-state index is -0.628. The lowest BCUT2D eigenvalue weighted by atomic mass is 9.99. The second-order valence-corrected chi connectivity index (χ2v) is 13.5. The number of carbonyl (C=O) groups excluding carboxylic acids is 1. The lowest BCUT2D eigenvalue weighted by Crippen LogP contribution is -2.31. The van der Waals surface area contributed by atoms with Gasteiger partial charge in [0.05, 0.1) is 36.6 Å². The summed E-state index contributed by atoms with van der Waals surface area (Å²) >= 11 is 0. The van der Waals surface area contributed by atoms with Crippen LogP contribution in [0.4, 0.5) is 0 Å². The van der Waals surface area contributed by atoms with Gasteiger partial charge >= 0.3 is 5.97 Å². The molecule has 256 valence electrons. The standard InChI is InChI=1S/C37H66O7/c1-3-4-5-6-7-8-9-12-15-20-31(38)22-17-18-23-33(40)35-26-27-36(44-35)34(41)25-24-32(39)21-16-13-10-11-14-19-30-28-29(2)43-37(30)42/h17,22,28-29,31-36,38-41H,3-16,18-21,23-27H2,1-2H3. The van der Waals surface area contributed by atoms with Crippen LogP contribution < -0.4 is 0 Å². The molecule has 0 aromatic carbocycles. The Kier molecular flexibility index (Phi) is 21.2. The van der Waals surface area contributed by atoms with Crippen molar-refractivity contribution in [3.05, 3.63) is 23.8 Å². The molecule has 7 nitrogen and oxygen atoms in total. The molecule has 2 aliphatic rings. The molecule has 2 heterocycles. The molecule has 1 saturated heterocycles. The fraction of sp³-hybridized carbons (Fsp3) is 0.865. The Morgan fingerprint density at radius 2 is 1.32 bits per heavy atom. The van der Waals surface area contributed by atoms with Gasteiger partial charge in [-0.1, -0.05) is 103 Å². The summed E-state index contributed by atoms with van der Waals surface area (Å²) in [5.74, 6) is -0.170. The van der Waals surface area contributed by atoms with Crippen LogP contribution >= 0.6 is 0 Å². The summed E-state index contributed by atoms with van der Waals surface area (Å²) in [6, 6.07) is 0. The summed E-state index contributed by atoms with van der Waals surface area (Å²) < 4.78 is 11.1. The van der Waals surface area contributed by atoms with Crippen molar-refractivity contribution in [2.24, 2.45) is 0 Å². The first kappa shape index (κ1) is 38.9. The predicted octanol–water partition coefficient (Wildman–Crippen LogP) is 7.62. The minimum absolute atomic E-state index is 0.0938. The van der Waals surface area contributed by atoms with Gasteiger partial charge in [0, 0.05) is 5.57 Å². The molecule has 0 aromatic heterocycles. The zero-order valence-corrected chi connectivity index (χ0v) is 28.1. The average molecular weight is 623 g/mol. The molecule has 2 aliphatic heterocycles. The zero-order valence-electron chi connectivity index (χ0n) is 28.1. The third kappa shape index (κ3) is 17.4. The SMILES string of the molecule is CCCCCCCCCCCC(O)C=CCCC(O)C1CCC(C(O)CCC(O)CCCCCCCC2=CC(C)OC2=O)O1. The molecular formula is C37H66O7. The molecule has 44 heavy (non-hydrogen) atoms. The highest BCUT2D eigenvalue weighted by Crippen LogP contribution is 2.28. The normalized spacial score (nSPS) is 23.2. The van der Waals surface area contributed by atoms with E-state index in [1.165, 1.54) is 51.4 Å². The van der Waals surface area contributed by atoms with Crippen LogP contribution in [0.15, 0.2) is 23.8 Å². The van der Waals surface area contributed by atoms with Crippen molar-refractivity contribution in [1.82, 2.24) is 0 Å². The second-order valence-electron chi connectivity index (χ2n) is 13.5. The molecule has 7 heteroatoms. The lowest BCUT2D eigenvalue weighted by molar-refractivity contribution is -0.139. The van der Waals surface area contributed by atoms with E-state index in [0.29, 0.717) is 25.7 Å². The topological polar surface area (TPSA) is 116 Å². The van der Waals surface area contributed by atoms with Crippen LogP contribution in [-0.2, 0) is 14.3 Å². The summed E-state index contributed by atoms with van der Waals surface area (Å²) in [6.45, 7) is 4.13. The first-order valence-corrected chi connectivity index (χ1v) is 18.3. The highest BCUT2D eigenvalue weighted by atomic mass is 16.5. The number of esters is 1. The van der Waals surface area contributed by atoms with Gasteiger partial charge in [-0.3, -0.25) is 0 Å². The van der Waals surface area contributed by atoms with Gasteiger partial charge in [0.2, 0.25) is 0 Å². The van der Waals surface area contributed by atoms with Gasteiger partial charge in [-0.05, 0) is 77.2 Å². The van der Waals surface area contributed by atoms with Gasteiger partial charge in [0.1, 0.15) is 6.10 Å². The van der Waals surface area contributed by atoms with E-state index < -0.39 is 24.4 Å². The van der Waals surface area contributed by atoms with E-state index in [-0.39, 0.29) is 24.3 Å². The summed E-state index contributed by atoms with van der Waals surface area (Å²) in [5.41, 5.74) is 0.807. The first-order valence-electron chi connectivity index (χ1n) is 18.3. The number of aliphatic hydroxyl groups excluding tert-OH is 4. The molecular weight excluding hydrogens is 556 g/mol. The molecule has 7 atom stereocenters. The fourth-order valence-corrected chi connectivity index (χ4v) is 6.46. The van der Waals surface area contributed by atoms with Gasteiger partial charge in [0.25, 0.3) is 0 Å². The lowest BCUT2D eigenvalue weighted by Gasteiger charge is -2.22. The third-order valence-corrected chi connectivity index (χ3v) is 9.30. The number of allylic oxidation sites excluding steroid dienone is 1. The Labute approximate surface area is 268 Å². The van der Waals surface area contributed by atoms with Crippen molar-refractivity contribution >= 4 is 5.97 Å². The van der Waals surface area contributed by atoms with E-state index in [4.69, 9.17) is 9.47 Å². The largest absolute Gasteiger partial charge is 0.455 e. The van der Waals surface area contributed by atoms with Crippen LogP contribution in [0.5, 0.6) is 0 Å². The van der Waals surface area contributed by atoms with E-state index in [1.54, 1.807) is 0 Å². The minimum Gasteiger partial charge on any atom is -0.455 e. The third-order valence-electron chi connectivity index (χ3n) is 9.30. The van der Waals surface area contributed by atoms with E-state index >= 15 is 0 Å². The molecule has 0 saturated carbocycles. The van der Waals surface area contributed by atoms with Crippen molar-refractivity contribution in [3.63, 3.8) is 0 Å². The van der Waals surface area contributed by atoms with E-state index in [9.17, 15) is 25.2 Å². The number of unbranched alkanes of at least 4 members (excludes halogenated alkanes) is 12. The number of ether oxygens (including phenoxy) is 2. The molecule has 0 spiro atoms. The quantitative estimate of drug-likeness (QED) is 0.0423. The number of rotatable bonds is 27. The smallest absolute Gasteiger partial charge is 0.334 e. The Morgan fingerprint density at radius 1 is 0.750 bits per heavy atom. The average Bonchev–Trinajstić information content (AvgIpc) is 3.62. The molecule has 0 aromatic rings. The number of carbonyl (C=O) groups is 1. The first-order chi connectivity index (χ1) is 21.3. The number of aliphatic hydroxyl groups is 4. The summed E-state index contributed by atoms with van der Waals surface area (Å²) in [5, 5.41) is 41.8. The summed E-state index contributed by atoms with van der Waals surface area (Å²) in [4.78, 5) is 11.6. The molecule has 0 aliphatic carbocycles. The van der Waals surface area contributed by atoms with Crippen molar-refractivity contribution in [2.45, 2.75) is 204 Å².